The number of benzene rings is 2. The zero-order chi connectivity index (χ0) is 20.5. The predicted molar refractivity (Wildman–Crippen MR) is 112 cm³/mol. The molecule has 0 spiro atoms. The first kappa shape index (κ1) is 19.2. The van der Waals surface area contributed by atoms with Gasteiger partial charge in [-0.1, -0.05) is 57.9 Å². The number of nitrogens with zero attached hydrogens (tertiary/aromatic N) is 1. The van der Waals surface area contributed by atoms with Gasteiger partial charge in [-0.25, -0.2) is 0 Å². The fraction of sp³-hybridized carbons (Fsp3) is 0.130. The molecule has 0 radical (unpaired) electrons. The zero-order valence-corrected chi connectivity index (χ0v) is 17.2. The molecule has 1 atom stereocenters. The largest absolute Gasteiger partial charge is 0.507 e. The van der Waals surface area contributed by atoms with Crippen LogP contribution in [-0.2, 0) is 16.1 Å². The first-order valence-electron chi connectivity index (χ1n) is 9.09. The second-order valence-electron chi connectivity index (χ2n) is 6.92. The van der Waals surface area contributed by atoms with Gasteiger partial charge >= 0.3 is 0 Å². The molecule has 0 bridgehead atoms. The molecule has 1 fully saturated rings. The predicted octanol–water partition coefficient (Wildman–Crippen LogP) is 4.97. The number of aliphatic hydroxyl groups excluding tert-OH is 1. The lowest BCUT2D eigenvalue weighted by Gasteiger charge is -2.24. The average Bonchev–Trinajstić information content (AvgIpc) is 3.31. The van der Waals surface area contributed by atoms with Crippen molar-refractivity contribution in [1.29, 1.82) is 0 Å². The summed E-state index contributed by atoms with van der Waals surface area (Å²) in [7, 11) is 0. The van der Waals surface area contributed by atoms with E-state index in [1.54, 1.807) is 24.3 Å². The van der Waals surface area contributed by atoms with Crippen LogP contribution in [0.25, 0.3) is 5.76 Å². The van der Waals surface area contributed by atoms with E-state index in [0.717, 1.165) is 15.6 Å². The van der Waals surface area contributed by atoms with E-state index in [-0.39, 0.29) is 17.9 Å². The third-order valence-electron chi connectivity index (χ3n) is 4.96. The molecule has 0 unspecified atom stereocenters. The summed E-state index contributed by atoms with van der Waals surface area (Å²) in [6, 6.07) is 17.3. The Balaban J connectivity index is 1.86. The molecule has 1 aliphatic rings. The quantitative estimate of drug-likeness (QED) is 0.345. The van der Waals surface area contributed by atoms with Crippen LogP contribution in [0.1, 0.15) is 28.5 Å². The highest BCUT2D eigenvalue weighted by Crippen LogP contribution is 2.40. The van der Waals surface area contributed by atoms with Gasteiger partial charge in [-0.05, 0) is 36.8 Å². The van der Waals surface area contributed by atoms with E-state index >= 15 is 0 Å². The summed E-state index contributed by atoms with van der Waals surface area (Å²) < 4.78 is 6.26. The van der Waals surface area contributed by atoms with Crippen LogP contribution in [0.5, 0.6) is 0 Å². The minimum atomic E-state index is -0.713. The smallest absolute Gasteiger partial charge is 0.296 e. The summed E-state index contributed by atoms with van der Waals surface area (Å²) in [5.41, 5.74) is 2.33. The Morgan fingerprint density at radius 1 is 1.07 bits per heavy atom. The number of furan rings is 1. The highest BCUT2D eigenvalue weighted by Gasteiger charge is 2.46. The van der Waals surface area contributed by atoms with Crippen molar-refractivity contribution in [2.75, 3.05) is 0 Å². The second-order valence-corrected chi connectivity index (χ2v) is 7.84. The average molecular weight is 452 g/mol. The first-order chi connectivity index (χ1) is 14.0. The number of carbonyl (C=O) groups excluding carboxylic acids is 2. The Morgan fingerprint density at radius 2 is 1.76 bits per heavy atom. The number of likely N-dealkylation sites (tertiary alicyclic amines) is 1. The summed E-state index contributed by atoms with van der Waals surface area (Å²) in [6.07, 6.45) is 1.52. The third-order valence-corrected chi connectivity index (χ3v) is 5.49. The molecule has 5 nitrogen and oxygen atoms in total. The Bertz CT molecular complexity index is 1080. The topological polar surface area (TPSA) is 70.8 Å². The molecule has 29 heavy (non-hydrogen) atoms. The molecule has 0 aliphatic carbocycles. The lowest BCUT2D eigenvalue weighted by molar-refractivity contribution is -0.140. The molecule has 1 N–H and O–H groups in total. The summed E-state index contributed by atoms with van der Waals surface area (Å²) in [6.45, 7) is 2.07. The van der Waals surface area contributed by atoms with Crippen LogP contribution in [-0.4, -0.2) is 21.7 Å². The van der Waals surface area contributed by atoms with E-state index < -0.39 is 17.7 Å². The maximum Gasteiger partial charge on any atom is 0.296 e. The first-order valence-corrected chi connectivity index (χ1v) is 9.88. The maximum atomic E-state index is 12.9. The number of halogens is 1. The normalized spacial score (nSPS) is 18.4. The van der Waals surface area contributed by atoms with E-state index in [9.17, 15) is 14.7 Å². The van der Waals surface area contributed by atoms with Crippen molar-refractivity contribution in [3.05, 3.63) is 99.4 Å². The van der Waals surface area contributed by atoms with Crippen LogP contribution in [0, 0.1) is 6.92 Å². The van der Waals surface area contributed by atoms with Gasteiger partial charge in [0.1, 0.15) is 11.5 Å². The van der Waals surface area contributed by atoms with Crippen molar-refractivity contribution in [3.63, 3.8) is 0 Å². The lowest BCUT2D eigenvalue weighted by Crippen LogP contribution is -2.29. The molecule has 1 amide bonds. The van der Waals surface area contributed by atoms with Crippen LogP contribution in [0.3, 0.4) is 0 Å². The number of rotatable bonds is 4. The Kier molecular flexibility index (Phi) is 5.11. The van der Waals surface area contributed by atoms with E-state index in [1.807, 2.05) is 43.3 Å². The number of aliphatic hydroxyl groups is 1. The van der Waals surface area contributed by atoms with Crippen molar-refractivity contribution in [1.82, 2.24) is 4.90 Å². The molecule has 2 aromatic carbocycles. The van der Waals surface area contributed by atoms with Crippen molar-refractivity contribution < 1.29 is 19.1 Å². The van der Waals surface area contributed by atoms with Gasteiger partial charge in [-0.2, -0.15) is 0 Å². The minimum absolute atomic E-state index is 0.0766. The molecule has 1 saturated heterocycles. The van der Waals surface area contributed by atoms with Gasteiger partial charge in [0.15, 0.2) is 0 Å². The van der Waals surface area contributed by atoms with Gasteiger partial charge in [0.25, 0.3) is 11.7 Å². The standard InChI is InChI=1S/C23H18BrNO4/c1-14-4-6-16(7-5-14)21(26)19-20(15-8-10-17(24)11-9-15)25(23(28)22(19)27)13-18-3-2-12-29-18/h2-12,20,26H,13H2,1H3/b21-19+/t20-/m1/s1. The van der Waals surface area contributed by atoms with Crippen LogP contribution >= 0.6 is 15.9 Å². The number of ketones is 1. The van der Waals surface area contributed by atoms with Crippen LogP contribution in [0.15, 0.2) is 81.4 Å². The van der Waals surface area contributed by atoms with Crippen molar-refractivity contribution >= 4 is 33.4 Å². The fourth-order valence-corrected chi connectivity index (χ4v) is 3.74. The Labute approximate surface area is 176 Å². The molecule has 2 heterocycles. The maximum absolute atomic E-state index is 12.9. The Hall–Kier alpha value is -3.12. The molecule has 146 valence electrons. The number of Topliss-reactive ketones (excluding diaryl/α,β-unsaturated/α-hetero) is 1. The van der Waals surface area contributed by atoms with E-state index in [4.69, 9.17) is 4.42 Å². The minimum Gasteiger partial charge on any atom is -0.507 e. The summed E-state index contributed by atoms with van der Waals surface area (Å²) >= 11 is 3.41. The van der Waals surface area contributed by atoms with Gasteiger partial charge in [0.05, 0.1) is 24.4 Å². The molecule has 4 rings (SSSR count). The van der Waals surface area contributed by atoms with Crippen molar-refractivity contribution in [3.8, 4) is 0 Å². The molecule has 3 aromatic rings. The van der Waals surface area contributed by atoms with Crippen molar-refractivity contribution in [2.45, 2.75) is 19.5 Å². The monoisotopic (exact) mass is 451 g/mol. The van der Waals surface area contributed by atoms with Crippen LogP contribution in [0.4, 0.5) is 0 Å². The number of carbonyl (C=O) groups is 2. The number of aryl methyl sites for hydroxylation is 1. The van der Waals surface area contributed by atoms with E-state index in [1.165, 1.54) is 11.2 Å². The summed E-state index contributed by atoms with van der Waals surface area (Å²) in [4.78, 5) is 27.2. The van der Waals surface area contributed by atoms with Crippen molar-refractivity contribution in [2.24, 2.45) is 0 Å². The fourth-order valence-electron chi connectivity index (χ4n) is 3.47. The van der Waals surface area contributed by atoms with Gasteiger partial charge < -0.3 is 14.4 Å². The molecular formula is C23H18BrNO4. The zero-order valence-electron chi connectivity index (χ0n) is 15.6. The number of hydrogen-bond donors (Lipinski definition) is 1. The molecule has 1 aromatic heterocycles. The van der Waals surface area contributed by atoms with Gasteiger partial charge in [-0.15, -0.1) is 0 Å². The van der Waals surface area contributed by atoms with Crippen LogP contribution in [0.2, 0.25) is 0 Å². The summed E-state index contributed by atoms with van der Waals surface area (Å²) in [5.74, 6) is -0.993. The number of hydrogen-bond acceptors (Lipinski definition) is 4. The molecular weight excluding hydrogens is 434 g/mol. The molecule has 1 aliphatic heterocycles. The van der Waals surface area contributed by atoms with Gasteiger partial charge in [-0.3, -0.25) is 9.59 Å². The second kappa shape index (κ2) is 7.72. The van der Waals surface area contributed by atoms with Crippen LogP contribution < -0.4 is 0 Å². The van der Waals surface area contributed by atoms with E-state index in [0.29, 0.717) is 11.3 Å². The third kappa shape index (κ3) is 3.63. The highest BCUT2D eigenvalue weighted by atomic mass is 79.9. The number of amides is 1. The SMILES string of the molecule is Cc1ccc(/C(O)=C2\C(=O)C(=O)N(Cc3ccco3)[C@@H]2c2ccc(Br)cc2)cc1. The Morgan fingerprint density at radius 3 is 2.38 bits per heavy atom. The van der Waals surface area contributed by atoms with Gasteiger partial charge in [0.2, 0.25) is 0 Å². The highest BCUT2D eigenvalue weighted by molar-refractivity contribution is 9.10. The van der Waals surface area contributed by atoms with Gasteiger partial charge in [0, 0.05) is 10.0 Å². The summed E-state index contributed by atoms with van der Waals surface area (Å²) in [5, 5.41) is 11.0. The van der Waals surface area contributed by atoms with E-state index in [2.05, 4.69) is 15.9 Å². The lowest BCUT2D eigenvalue weighted by atomic mass is 9.95. The molecule has 0 saturated carbocycles. The molecule has 6 heteroatoms.